The van der Waals surface area contributed by atoms with E-state index in [2.05, 4.69) is 58.4 Å². The predicted molar refractivity (Wildman–Crippen MR) is 131 cm³/mol. The molecule has 170 valence electrons. The van der Waals surface area contributed by atoms with Crippen molar-refractivity contribution in [2.45, 2.75) is 37.8 Å². The average Bonchev–Trinajstić information content (AvgIpc) is 3.23. The number of hydrogen-bond donors (Lipinski definition) is 2. The van der Waals surface area contributed by atoms with Crippen molar-refractivity contribution in [2.75, 3.05) is 18.0 Å². The number of fused-ring (bicyclic) bond motifs is 1. The first-order valence-electron chi connectivity index (χ1n) is 11.1. The second-order valence-corrected chi connectivity index (χ2v) is 9.73. The Bertz CT molecular complexity index is 1380. The van der Waals surface area contributed by atoms with Crippen molar-refractivity contribution in [1.29, 1.82) is 0 Å². The molecule has 0 radical (unpaired) electrons. The monoisotopic (exact) mass is 461 g/mol. The van der Waals surface area contributed by atoms with Crippen molar-refractivity contribution in [3.05, 3.63) is 66.6 Å². The number of benzene rings is 2. The number of rotatable bonds is 4. The summed E-state index contributed by atoms with van der Waals surface area (Å²) in [4.78, 5) is 7.45. The Kier molecular flexibility index (Phi) is 5.64. The summed E-state index contributed by atoms with van der Waals surface area (Å²) in [6.07, 6.45) is 5.53. The van der Waals surface area contributed by atoms with Crippen LogP contribution in [-0.2, 0) is 10.7 Å². The molecule has 0 aliphatic carbocycles. The van der Waals surface area contributed by atoms with E-state index in [1.165, 1.54) is 5.69 Å². The minimum atomic E-state index is -2.66. The molecule has 3 heterocycles. The van der Waals surface area contributed by atoms with E-state index >= 15 is 0 Å². The third-order valence-corrected chi connectivity index (χ3v) is 7.28. The molecule has 8 heteroatoms. The third kappa shape index (κ3) is 4.00. The summed E-state index contributed by atoms with van der Waals surface area (Å²) in [6.45, 7) is 8.26. The number of hydrogen-bond acceptors (Lipinski definition) is 6. The van der Waals surface area contributed by atoms with Gasteiger partial charge in [-0.05, 0) is 55.7 Å². The summed E-state index contributed by atoms with van der Waals surface area (Å²) in [6, 6.07) is 14.9. The highest BCUT2D eigenvalue weighted by Gasteiger charge is 2.24. The molecule has 2 aromatic heterocycles. The van der Waals surface area contributed by atoms with Gasteiger partial charge in [-0.2, -0.15) is 5.10 Å². The minimum absolute atomic E-state index is 0.326. The first-order valence-corrected chi connectivity index (χ1v) is 12.3. The van der Waals surface area contributed by atoms with E-state index in [0.29, 0.717) is 22.6 Å². The Morgan fingerprint density at radius 2 is 1.64 bits per heavy atom. The van der Waals surface area contributed by atoms with Crippen LogP contribution in [0.15, 0.2) is 66.0 Å². The van der Waals surface area contributed by atoms with Crippen LogP contribution in [0, 0.1) is 6.92 Å². The van der Waals surface area contributed by atoms with Crippen LogP contribution in [-0.4, -0.2) is 48.2 Å². The highest BCUT2D eigenvalue weighted by molar-refractivity contribution is 7.72. The second-order valence-electron chi connectivity index (χ2n) is 8.74. The lowest BCUT2D eigenvalue weighted by Gasteiger charge is -2.41. The predicted octanol–water partition coefficient (Wildman–Crippen LogP) is 3.53. The van der Waals surface area contributed by atoms with Crippen molar-refractivity contribution < 1.29 is 8.42 Å². The molecule has 1 saturated heterocycles. The molecule has 0 bridgehead atoms. The quantitative estimate of drug-likeness (QED) is 0.453. The molecule has 0 saturated carbocycles. The number of anilines is 1. The Labute approximate surface area is 195 Å². The number of thiol groups is 1. The molecule has 0 unspecified atom stereocenters. The Hall–Kier alpha value is -3.23. The summed E-state index contributed by atoms with van der Waals surface area (Å²) >= 11 is 0. The lowest BCUT2D eigenvalue weighted by Crippen LogP contribution is -2.55. The summed E-state index contributed by atoms with van der Waals surface area (Å²) in [7, 11) is -2.66. The summed E-state index contributed by atoms with van der Waals surface area (Å²) in [5.74, 6) is 0. The third-order valence-electron chi connectivity index (χ3n) is 6.40. The molecule has 2 atom stereocenters. The van der Waals surface area contributed by atoms with Gasteiger partial charge in [0.1, 0.15) is 0 Å². The molecular formula is C25H27N5O2S. The molecule has 0 amide bonds. The molecular weight excluding hydrogens is 434 g/mol. The van der Waals surface area contributed by atoms with E-state index in [0.717, 1.165) is 40.9 Å². The Morgan fingerprint density at radius 1 is 0.939 bits per heavy atom. The summed E-state index contributed by atoms with van der Waals surface area (Å²) < 4.78 is 24.9. The number of aryl methyl sites for hydroxylation is 1. The first-order chi connectivity index (χ1) is 15.9. The summed E-state index contributed by atoms with van der Waals surface area (Å²) in [5, 5.41) is 7.95. The minimum Gasteiger partial charge on any atom is -0.364 e. The SMILES string of the molecule is Cc1ccc(-c2cnn3cc(-c4ccc(N5[C@H](C)CNC[C@@H]5C)cc4)cnc23)cc1[SH](=O)=O. The van der Waals surface area contributed by atoms with Crippen LogP contribution in [0.1, 0.15) is 19.4 Å². The van der Waals surface area contributed by atoms with E-state index in [9.17, 15) is 8.42 Å². The molecule has 1 aliphatic rings. The maximum atomic E-state index is 11.6. The largest absolute Gasteiger partial charge is 0.364 e. The Morgan fingerprint density at radius 3 is 2.33 bits per heavy atom. The molecule has 2 aromatic carbocycles. The molecule has 1 N–H and O–H groups in total. The Balaban J connectivity index is 1.46. The van der Waals surface area contributed by atoms with Gasteiger partial charge in [-0.1, -0.05) is 24.3 Å². The van der Waals surface area contributed by atoms with Crippen LogP contribution < -0.4 is 10.2 Å². The normalized spacial score (nSPS) is 18.8. The average molecular weight is 462 g/mol. The van der Waals surface area contributed by atoms with Crippen molar-refractivity contribution >= 4 is 22.0 Å². The van der Waals surface area contributed by atoms with Crippen molar-refractivity contribution in [3.63, 3.8) is 0 Å². The smallest absolute Gasteiger partial charge is 0.168 e. The fourth-order valence-corrected chi connectivity index (χ4v) is 5.28. The number of piperazine rings is 1. The highest BCUT2D eigenvalue weighted by Crippen LogP contribution is 2.29. The van der Waals surface area contributed by atoms with Crippen LogP contribution in [0.3, 0.4) is 0 Å². The van der Waals surface area contributed by atoms with Crippen molar-refractivity contribution in [3.8, 4) is 22.3 Å². The zero-order chi connectivity index (χ0) is 23.1. The van der Waals surface area contributed by atoms with Gasteiger partial charge in [0.2, 0.25) is 0 Å². The van der Waals surface area contributed by atoms with Crippen LogP contribution in [0.5, 0.6) is 0 Å². The van der Waals surface area contributed by atoms with Crippen molar-refractivity contribution in [2.24, 2.45) is 0 Å². The molecule has 1 fully saturated rings. The lowest BCUT2D eigenvalue weighted by molar-refractivity contribution is 0.432. The summed E-state index contributed by atoms with van der Waals surface area (Å²) in [5.41, 5.74) is 6.27. The highest BCUT2D eigenvalue weighted by atomic mass is 32.2. The topological polar surface area (TPSA) is 79.6 Å². The van der Waals surface area contributed by atoms with E-state index in [1.54, 1.807) is 23.7 Å². The van der Waals surface area contributed by atoms with Crippen LogP contribution in [0.2, 0.25) is 0 Å². The van der Waals surface area contributed by atoms with Gasteiger partial charge in [0.25, 0.3) is 0 Å². The molecule has 7 nitrogen and oxygen atoms in total. The van der Waals surface area contributed by atoms with E-state index in [-0.39, 0.29) is 0 Å². The number of aromatic nitrogens is 3. The molecule has 4 aromatic rings. The van der Waals surface area contributed by atoms with Crippen LogP contribution in [0.4, 0.5) is 5.69 Å². The maximum Gasteiger partial charge on any atom is 0.168 e. The fourth-order valence-electron chi connectivity index (χ4n) is 4.67. The van der Waals surface area contributed by atoms with Gasteiger partial charge in [-0.25, -0.2) is 17.9 Å². The van der Waals surface area contributed by atoms with Crippen molar-refractivity contribution in [1.82, 2.24) is 19.9 Å². The van der Waals surface area contributed by atoms with Gasteiger partial charge < -0.3 is 10.2 Å². The van der Waals surface area contributed by atoms with Gasteiger partial charge in [-0.15, -0.1) is 0 Å². The molecule has 0 spiro atoms. The zero-order valence-electron chi connectivity index (χ0n) is 18.9. The lowest BCUT2D eigenvalue weighted by atomic mass is 10.0. The van der Waals surface area contributed by atoms with Crippen LogP contribution in [0.25, 0.3) is 27.9 Å². The zero-order valence-corrected chi connectivity index (χ0v) is 19.8. The van der Waals surface area contributed by atoms with Crippen LogP contribution >= 0.6 is 0 Å². The fraction of sp³-hybridized carbons (Fsp3) is 0.280. The van der Waals surface area contributed by atoms with E-state index in [4.69, 9.17) is 0 Å². The maximum absolute atomic E-state index is 11.6. The van der Waals surface area contributed by atoms with Gasteiger partial charge in [0, 0.05) is 54.4 Å². The first kappa shape index (κ1) is 21.6. The van der Waals surface area contributed by atoms with Gasteiger partial charge in [0.05, 0.1) is 11.1 Å². The van der Waals surface area contributed by atoms with E-state index in [1.807, 2.05) is 24.5 Å². The standard InChI is InChI=1S/C25H27N5O2S/c1-16-4-5-20(10-24(16)33(31)32)23-14-28-29-15-21(13-27-25(23)29)19-6-8-22(9-7-19)30-17(2)11-26-12-18(30)3/h4-10,13-15,17-18,26,33H,11-12H2,1-3H3/t17-,18+. The van der Waals surface area contributed by atoms with Gasteiger partial charge >= 0.3 is 0 Å². The molecule has 5 rings (SSSR count). The van der Waals surface area contributed by atoms with Gasteiger partial charge in [0.15, 0.2) is 16.4 Å². The molecule has 33 heavy (non-hydrogen) atoms. The molecule has 1 aliphatic heterocycles. The second kappa shape index (κ2) is 8.61. The van der Waals surface area contributed by atoms with E-state index < -0.39 is 10.7 Å². The number of nitrogens with zero attached hydrogens (tertiary/aromatic N) is 4. The number of nitrogens with one attached hydrogen (secondary N) is 1. The van der Waals surface area contributed by atoms with Gasteiger partial charge in [-0.3, -0.25) is 0 Å².